The van der Waals surface area contributed by atoms with E-state index in [9.17, 15) is 0 Å². The molecule has 2 N–H and O–H groups in total. The summed E-state index contributed by atoms with van der Waals surface area (Å²) >= 11 is 1.82. The average Bonchev–Trinajstić information content (AvgIpc) is 2.98. The van der Waals surface area contributed by atoms with Crippen LogP contribution in [0, 0.1) is 0 Å². The molecule has 0 amide bonds. The normalized spacial score (nSPS) is 18.6. The molecular weight excluding hydrogens is 178 g/mol. The summed E-state index contributed by atoms with van der Waals surface area (Å²) in [6.45, 7) is 0.796. The second-order valence-corrected chi connectivity index (χ2v) is 4.53. The molecule has 13 heavy (non-hydrogen) atoms. The van der Waals surface area contributed by atoms with Crippen LogP contribution in [0.15, 0.2) is 29.2 Å². The number of thioether (sulfide) groups is 1. The van der Waals surface area contributed by atoms with Crippen molar-refractivity contribution < 1.29 is 0 Å². The lowest BCUT2D eigenvalue weighted by Crippen LogP contribution is -2.20. The molecule has 1 aromatic rings. The van der Waals surface area contributed by atoms with E-state index in [4.69, 9.17) is 5.73 Å². The van der Waals surface area contributed by atoms with Crippen molar-refractivity contribution in [1.82, 2.24) is 0 Å². The summed E-state index contributed by atoms with van der Waals surface area (Å²) in [6, 6.07) is 8.63. The van der Waals surface area contributed by atoms with Gasteiger partial charge in [0.2, 0.25) is 0 Å². The molecule has 0 atom stereocenters. The lowest BCUT2D eigenvalue weighted by Gasteiger charge is -2.16. The van der Waals surface area contributed by atoms with Gasteiger partial charge in [-0.05, 0) is 30.7 Å². The maximum absolute atomic E-state index is 5.82. The summed E-state index contributed by atoms with van der Waals surface area (Å²) in [5, 5.41) is 0. The summed E-state index contributed by atoms with van der Waals surface area (Å²) in [6.07, 6.45) is 4.66. The molecular formula is C11H15NS. The van der Waals surface area contributed by atoms with E-state index in [2.05, 4.69) is 30.5 Å². The molecule has 0 heterocycles. The smallest absolute Gasteiger partial charge is 0.0107 e. The molecule has 1 aromatic carbocycles. The van der Waals surface area contributed by atoms with E-state index in [0.29, 0.717) is 5.41 Å². The van der Waals surface area contributed by atoms with E-state index in [0.717, 1.165) is 6.54 Å². The third-order valence-corrected chi connectivity index (χ3v) is 3.72. The fourth-order valence-corrected chi connectivity index (χ4v) is 2.54. The highest BCUT2D eigenvalue weighted by Crippen LogP contribution is 2.49. The number of hydrogen-bond acceptors (Lipinski definition) is 2. The lowest BCUT2D eigenvalue weighted by molar-refractivity contribution is 0.690. The zero-order valence-corrected chi connectivity index (χ0v) is 8.73. The summed E-state index contributed by atoms with van der Waals surface area (Å²) in [4.78, 5) is 1.39. The minimum absolute atomic E-state index is 0.333. The van der Waals surface area contributed by atoms with E-state index in [-0.39, 0.29) is 0 Å². The van der Waals surface area contributed by atoms with Gasteiger partial charge in [0.05, 0.1) is 0 Å². The maximum Gasteiger partial charge on any atom is 0.0107 e. The predicted octanol–water partition coefficient (Wildman–Crippen LogP) is 2.40. The first-order valence-electron chi connectivity index (χ1n) is 4.66. The Labute approximate surface area is 83.7 Å². The Hall–Kier alpha value is -0.470. The number of benzene rings is 1. The van der Waals surface area contributed by atoms with Gasteiger partial charge in [-0.1, -0.05) is 18.2 Å². The van der Waals surface area contributed by atoms with Crippen LogP contribution in [0.1, 0.15) is 18.4 Å². The number of rotatable bonds is 3. The molecule has 2 rings (SSSR count). The Morgan fingerprint density at radius 3 is 2.62 bits per heavy atom. The van der Waals surface area contributed by atoms with E-state index < -0.39 is 0 Å². The van der Waals surface area contributed by atoms with Crippen molar-refractivity contribution in [2.45, 2.75) is 23.2 Å². The third kappa shape index (κ3) is 1.49. The predicted molar refractivity (Wildman–Crippen MR) is 58.2 cm³/mol. The molecule has 0 aliphatic heterocycles. The molecule has 0 unspecified atom stereocenters. The van der Waals surface area contributed by atoms with Crippen molar-refractivity contribution in [2.24, 2.45) is 5.73 Å². The van der Waals surface area contributed by atoms with Crippen molar-refractivity contribution in [3.8, 4) is 0 Å². The van der Waals surface area contributed by atoms with Gasteiger partial charge in [-0.15, -0.1) is 11.8 Å². The quantitative estimate of drug-likeness (QED) is 0.746. The summed E-state index contributed by atoms with van der Waals surface area (Å²) < 4.78 is 0. The SMILES string of the molecule is CSc1ccccc1C1(CN)CC1. The molecule has 0 radical (unpaired) electrons. The summed E-state index contributed by atoms with van der Waals surface area (Å²) in [5.74, 6) is 0. The highest BCUT2D eigenvalue weighted by molar-refractivity contribution is 7.98. The van der Waals surface area contributed by atoms with Gasteiger partial charge in [0.15, 0.2) is 0 Å². The average molecular weight is 193 g/mol. The van der Waals surface area contributed by atoms with Gasteiger partial charge < -0.3 is 5.73 Å². The van der Waals surface area contributed by atoms with E-state index in [1.807, 2.05) is 11.8 Å². The molecule has 0 aromatic heterocycles. The molecule has 1 saturated carbocycles. The summed E-state index contributed by atoms with van der Waals surface area (Å²) in [5.41, 5.74) is 7.61. The van der Waals surface area contributed by atoms with Crippen LogP contribution < -0.4 is 5.73 Å². The molecule has 0 saturated heterocycles. The Morgan fingerprint density at radius 1 is 1.38 bits per heavy atom. The van der Waals surface area contributed by atoms with Crippen LogP contribution in [0.2, 0.25) is 0 Å². The van der Waals surface area contributed by atoms with Gasteiger partial charge >= 0.3 is 0 Å². The van der Waals surface area contributed by atoms with Crippen LogP contribution in [0.3, 0.4) is 0 Å². The first-order chi connectivity index (χ1) is 6.32. The largest absolute Gasteiger partial charge is 0.330 e. The molecule has 0 spiro atoms. The third-order valence-electron chi connectivity index (χ3n) is 2.92. The summed E-state index contributed by atoms with van der Waals surface area (Å²) in [7, 11) is 0. The van der Waals surface area contributed by atoms with Crippen LogP contribution in [-0.2, 0) is 5.41 Å². The zero-order valence-electron chi connectivity index (χ0n) is 7.92. The van der Waals surface area contributed by atoms with Crippen molar-refractivity contribution in [2.75, 3.05) is 12.8 Å². The second-order valence-electron chi connectivity index (χ2n) is 3.68. The monoisotopic (exact) mass is 193 g/mol. The van der Waals surface area contributed by atoms with Crippen LogP contribution in [-0.4, -0.2) is 12.8 Å². The van der Waals surface area contributed by atoms with Gasteiger partial charge in [-0.2, -0.15) is 0 Å². The van der Waals surface area contributed by atoms with Crippen LogP contribution in [0.5, 0.6) is 0 Å². The Balaban J connectivity index is 2.39. The number of nitrogens with two attached hydrogens (primary N) is 1. The van der Waals surface area contributed by atoms with Crippen LogP contribution in [0.4, 0.5) is 0 Å². The van der Waals surface area contributed by atoms with Crippen LogP contribution >= 0.6 is 11.8 Å². The zero-order chi connectivity index (χ0) is 9.31. The van der Waals surface area contributed by atoms with Crippen molar-refractivity contribution in [3.05, 3.63) is 29.8 Å². The van der Waals surface area contributed by atoms with Gasteiger partial charge in [-0.3, -0.25) is 0 Å². The molecule has 1 aliphatic carbocycles. The topological polar surface area (TPSA) is 26.0 Å². The minimum atomic E-state index is 0.333. The lowest BCUT2D eigenvalue weighted by atomic mass is 9.96. The van der Waals surface area contributed by atoms with Crippen molar-refractivity contribution in [1.29, 1.82) is 0 Å². The van der Waals surface area contributed by atoms with Gasteiger partial charge in [0.25, 0.3) is 0 Å². The van der Waals surface area contributed by atoms with E-state index in [1.54, 1.807) is 0 Å². The Bertz CT molecular complexity index is 305. The fourth-order valence-electron chi connectivity index (χ4n) is 1.82. The molecule has 1 aliphatic rings. The van der Waals surface area contributed by atoms with Gasteiger partial charge in [0, 0.05) is 16.9 Å². The van der Waals surface area contributed by atoms with Crippen molar-refractivity contribution >= 4 is 11.8 Å². The fraction of sp³-hybridized carbons (Fsp3) is 0.455. The van der Waals surface area contributed by atoms with E-state index in [1.165, 1.54) is 23.3 Å². The second kappa shape index (κ2) is 3.35. The first kappa shape index (κ1) is 9.10. The molecule has 0 bridgehead atoms. The molecule has 70 valence electrons. The van der Waals surface area contributed by atoms with Crippen molar-refractivity contribution in [3.63, 3.8) is 0 Å². The van der Waals surface area contributed by atoms with Gasteiger partial charge in [-0.25, -0.2) is 0 Å². The van der Waals surface area contributed by atoms with Crippen LogP contribution in [0.25, 0.3) is 0 Å². The standard InChI is InChI=1S/C11H15NS/c1-13-10-5-3-2-4-9(10)11(8-12)6-7-11/h2-5H,6-8,12H2,1H3. The minimum Gasteiger partial charge on any atom is -0.330 e. The highest BCUT2D eigenvalue weighted by Gasteiger charge is 2.43. The Kier molecular flexibility index (Phi) is 2.35. The highest BCUT2D eigenvalue weighted by atomic mass is 32.2. The number of hydrogen-bond donors (Lipinski definition) is 1. The molecule has 1 fully saturated rings. The first-order valence-corrected chi connectivity index (χ1v) is 5.88. The Morgan fingerprint density at radius 2 is 2.08 bits per heavy atom. The maximum atomic E-state index is 5.82. The van der Waals surface area contributed by atoms with E-state index >= 15 is 0 Å². The van der Waals surface area contributed by atoms with Gasteiger partial charge in [0.1, 0.15) is 0 Å². The molecule has 1 nitrogen and oxygen atoms in total. The molecule has 2 heteroatoms.